The van der Waals surface area contributed by atoms with Crippen LogP contribution in [0, 0.1) is 6.92 Å². The van der Waals surface area contributed by atoms with Crippen molar-refractivity contribution in [3.05, 3.63) is 35.9 Å². The van der Waals surface area contributed by atoms with Gasteiger partial charge in [-0.3, -0.25) is 0 Å². The quantitative estimate of drug-likeness (QED) is 0.807. The first-order chi connectivity index (χ1) is 7.72. The van der Waals surface area contributed by atoms with E-state index in [1.807, 2.05) is 18.2 Å². The smallest absolute Gasteiger partial charge is 0.0696 e. The van der Waals surface area contributed by atoms with Crippen LogP contribution in [-0.4, -0.2) is 39.1 Å². The van der Waals surface area contributed by atoms with Crippen LogP contribution in [0.2, 0.25) is 0 Å². The third-order valence-corrected chi connectivity index (χ3v) is 1.43. The first kappa shape index (κ1) is 17.5. The molecule has 0 unspecified atom stereocenters. The summed E-state index contributed by atoms with van der Waals surface area (Å²) in [6.07, 6.45) is 0. The van der Waals surface area contributed by atoms with E-state index in [9.17, 15) is 0 Å². The number of aliphatic hydroxyl groups excluding tert-OH is 1. The number of ether oxygens (including phenoxy) is 2. The minimum absolute atomic E-state index is 0.250. The Morgan fingerprint density at radius 3 is 1.56 bits per heavy atom. The van der Waals surface area contributed by atoms with E-state index >= 15 is 0 Å². The third kappa shape index (κ3) is 18.8. The predicted molar refractivity (Wildman–Crippen MR) is 67.7 cm³/mol. The lowest BCUT2D eigenvalue weighted by atomic mass is 10.2. The molecule has 1 rings (SSSR count). The van der Waals surface area contributed by atoms with Gasteiger partial charge in [-0.2, -0.15) is 0 Å². The molecule has 0 spiro atoms. The zero-order valence-corrected chi connectivity index (χ0v) is 10.8. The van der Waals surface area contributed by atoms with Crippen molar-refractivity contribution in [2.45, 2.75) is 13.8 Å². The summed E-state index contributed by atoms with van der Waals surface area (Å²) in [6, 6.07) is 10.3. The second-order valence-corrected chi connectivity index (χ2v) is 2.96. The monoisotopic (exact) mass is 228 g/mol. The van der Waals surface area contributed by atoms with Crippen molar-refractivity contribution in [1.29, 1.82) is 0 Å². The van der Waals surface area contributed by atoms with Crippen molar-refractivity contribution in [2.24, 2.45) is 0 Å². The summed E-state index contributed by atoms with van der Waals surface area (Å²) in [5, 5.41) is 7.57. The molecule has 1 N–H and O–H groups in total. The van der Waals surface area contributed by atoms with Crippen LogP contribution < -0.4 is 0 Å². The number of aryl methyl sites for hydroxylation is 1. The fourth-order valence-electron chi connectivity index (χ4n) is 0.701. The molecule has 0 aliphatic heterocycles. The molecular weight excluding hydrogens is 204 g/mol. The number of hydrogen-bond donors (Lipinski definition) is 1. The molecule has 0 aromatic heterocycles. The molecule has 1 aromatic carbocycles. The van der Waals surface area contributed by atoms with E-state index in [1.165, 1.54) is 5.56 Å². The summed E-state index contributed by atoms with van der Waals surface area (Å²) in [4.78, 5) is 0. The van der Waals surface area contributed by atoms with Gasteiger partial charge in [0.1, 0.15) is 0 Å². The molecule has 0 saturated heterocycles. The minimum Gasteiger partial charge on any atom is -0.397 e. The van der Waals surface area contributed by atoms with Crippen molar-refractivity contribution >= 4 is 0 Å². The van der Waals surface area contributed by atoms with Crippen LogP contribution >= 0.6 is 0 Å². The van der Waals surface area contributed by atoms with Gasteiger partial charge < -0.3 is 14.6 Å². The zero-order chi connectivity index (χ0) is 12.6. The summed E-state index contributed by atoms with van der Waals surface area (Å²) in [7, 11) is 3.30. The second-order valence-electron chi connectivity index (χ2n) is 2.96. The van der Waals surface area contributed by atoms with E-state index in [-0.39, 0.29) is 6.61 Å². The number of hydrogen-bond acceptors (Lipinski definition) is 3. The van der Waals surface area contributed by atoms with Crippen LogP contribution in [0.4, 0.5) is 0 Å². The van der Waals surface area contributed by atoms with Crippen LogP contribution in [0.5, 0.6) is 0 Å². The highest BCUT2D eigenvalue weighted by Crippen LogP contribution is 1.92. The van der Waals surface area contributed by atoms with Crippen LogP contribution in [0.3, 0.4) is 0 Å². The molecule has 16 heavy (non-hydrogen) atoms. The minimum atomic E-state index is 0.250. The molecule has 0 radical (unpaired) electrons. The Morgan fingerprint density at radius 1 is 1.00 bits per heavy atom. The number of aliphatic hydroxyl groups is 1. The predicted octanol–water partition coefficient (Wildman–Crippen LogP) is 2.27. The Hall–Kier alpha value is -0.900. The Morgan fingerprint density at radius 2 is 1.38 bits per heavy atom. The van der Waals surface area contributed by atoms with Gasteiger partial charge in [-0.05, 0) is 13.8 Å². The van der Waals surface area contributed by atoms with Gasteiger partial charge in [0, 0.05) is 20.8 Å². The van der Waals surface area contributed by atoms with Gasteiger partial charge >= 0.3 is 0 Å². The molecule has 0 amide bonds. The number of methoxy groups -OCH3 is 2. The Labute approximate surface area is 99.0 Å². The highest BCUT2D eigenvalue weighted by molar-refractivity contribution is 5.11. The van der Waals surface area contributed by atoms with Crippen molar-refractivity contribution in [1.82, 2.24) is 0 Å². The maximum Gasteiger partial charge on any atom is 0.0696 e. The van der Waals surface area contributed by atoms with E-state index in [1.54, 1.807) is 21.1 Å². The summed E-state index contributed by atoms with van der Waals surface area (Å²) >= 11 is 0. The van der Waals surface area contributed by atoms with E-state index in [2.05, 4.69) is 28.5 Å². The average Bonchev–Trinajstić information content (AvgIpc) is 2.29. The highest BCUT2D eigenvalue weighted by atomic mass is 16.5. The largest absolute Gasteiger partial charge is 0.397 e. The molecule has 94 valence electrons. The van der Waals surface area contributed by atoms with E-state index < -0.39 is 0 Å². The first-order valence-electron chi connectivity index (χ1n) is 5.33. The van der Waals surface area contributed by atoms with Crippen molar-refractivity contribution in [2.75, 3.05) is 34.0 Å². The Bertz CT molecular complexity index is 196. The third-order valence-electron chi connectivity index (χ3n) is 1.43. The van der Waals surface area contributed by atoms with Crippen LogP contribution in [0.25, 0.3) is 0 Å². The SMILES string of the molecule is CCO.COCCOC.Cc1ccccc1. The van der Waals surface area contributed by atoms with Gasteiger partial charge in [0.05, 0.1) is 13.2 Å². The van der Waals surface area contributed by atoms with Gasteiger partial charge in [0.2, 0.25) is 0 Å². The Balaban J connectivity index is 0. The van der Waals surface area contributed by atoms with E-state index in [0.29, 0.717) is 13.2 Å². The molecule has 0 fully saturated rings. The van der Waals surface area contributed by atoms with Gasteiger partial charge in [-0.15, -0.1) is 0 Å². The van der Waals surface area contributed by atoms with Gasteiger partial charge in [-0.1, -0.05) is 35.9 Å². The number of rotatable bonds is 3. The lowest BCUT2D eigenvalue weighted by Gasteiger charge is -1.91. The Kier molecular flexibility index (Phi) is 18.1. The van der Waals surface area contributed by atoms with Crippen molar-refractivity contribution in [3.8, 4) is 0 Å². The lowest BCUT2D eigenvalue weighted by molar-refractivity contribution is 0.103. The molecule has 0 saturated carbocycles. The standard InChI is InChI=1S/C7H8.C4H10O2.C2H6O/c1-7-5-3-2-4-6-7;1-5-3-4-6-2;1-2-3/h2-6H,1H3;3-4H2,1-2H3;3H,2H2,1H3. The molecule has 3 heteroatoms. The van der Waals surface area contributed by atoms with Gasteiger partial charge in [0.15, 0.2) is 0 Å². The highest BCUT2D eigenvalue weighted by Gasteiger charge is 1.73. The first-order valence-corrected chi connectivity index (χ1v) is 5.33. The molecular formula is C13H24O3. The van der Waals surface area contributed by atoms with Gasteiger partial charge in [-0.25, -0.2) is 0 Å². The van der Waals surface area contributed by atoms with E-state index in [4.69, 9.17) is 5.11 Å². The molecule has 0 aliphatic carbocycles. The van der Waals surface area contributed by atoms with Crippen LogP contribution in [0.1, 0.15) is 12.5 Å². The maximum atomic E-state index is 7.57. The van der Waals surface area contributed by atoms with Crippen LogP contribution in [0.15, 0.2) is 30.3 Å². The fourth-order valence-corrected chi connectivity index (χ4v) is 0.701. The van der Waals surface area contributed by atoms with Crippen molar-refractivity contribution < 1.29 is 14.6 Å². The summed E-state index contributed by atoms with van der Waals surface area (Å²) < 4.78 is 9.31. The normalized spacial score (nSPS) is 8.31. The lowest BCUT2D eigenvalue weighted by Crippen LogP contribution is -1.96. The second kappa shape index (κ2) is 16.5. The average molecular weight is 228 g/mol. The van der Waals surface area contributed by atoms with Crippen molar-refractivity contribution in [3.63, 3.8) is 0 Å². The molecule has 0 atom stereocenters. The topological polar surface area (TPSA) is 38.7 Å². The number of benzene rings is 1. The summed E-state index contributed by atoms with van der Waals surface area (Å²) in [6.45, 7) is 5.40. The molecule has 1 aromatic rings. The molecule has 0 bridgehead atoms. The van der Waals surface area contributed by atoms with Gasteiger partial charge in [0.25, 0.3) is 0 Å². The summed E-state index contributed by atoms with van der Waals surface area (Å²) in [5.74, 6) is 0. The summed E-state index contributed by atoms with van der Waals surface area (Å²) in [5.41, 5.74) is 1.32. The van der Waals surface area contributed by atoms with E-state index in [0.717, 1.165) is 0 Å². The molecule has 0 heterocycles. The fraction of sp³-hybridized carbons (Fsp3) is 0.538. The van der Waals surface area contributed by atoms with Crippen LogP contribution in [-0.2, 0) is 9.47 Å². The maximum absolute atomic E-state index is 7.57. The molecule has 0 aliphatic rings. The zero-order valence-electron chi connectivity index (χ0n) is 10.8. The molecule has 3 nitrogen and oxygen atoms in total.